The largest absolute Gasteiger partial charge is 0.328 e. The van der Waals surface area contributed by atoms with Crippen molar-refractivity contribution in [1.29, 1.82) is 0 Å². The molecule has 0 atom stereocenters. The van der Waals surface area contributed by atoms with Crippen molar-refractivity contribution >= 4 is 22.6 Å². The van der Waals surface area contributed by atoms with Crippen LogP contribution in [0.2, 0.25) is 0 Å². The first-order valence-corrected chi connectivity index (χ1v) is 5.25. The lowest BCUT2D eigenvalue weighted by molar-refractivity contribution is 0.727. The third-order valence-electron chi connectivity index (χ3n) is 2.26. The van der Waals surface area contributed by atoms with Crippen LogP contribution < -0.4 is 0 Å². The molecule has 0 spiro atoms. The van der Waals surface area contributed by atoms with Gasteiger partial charge < -0.3 is 4.57 Å². The summed E-state index contributed by atoms with van der Waals surface area (Å²) in [7, 11) is 0. The Bertz CT molecular complexity index is 436. The lowest BCUT2D eigenvalue weighted by atomic mass is 10.4. The summed E-state index contributed by atoms with van der Waals surface area (Å²) in [5, 5.41) is 0. The standard InChI is InChI=1S/C10H12ClN3/c1-2-14-9-4-6-12-7-8(9)13-10(14)3-5-11/h4,6-7H,2-3,5H2,1H3. The Kier molecular flexibility index (Phi) is 2.68. The highest BCUT2D eigenvalue weighted by Crippen LogP contribution is 2.15. The van der Waals surface area contributed by atoms with Crippen LogP contribution in [0.5, 0.6) is 0 Å². The van der Waals surface area contributed by atoms with Crippen LogP contribution in [-0.2, 0) is 13.0 Å². The molecule has 2 aromatic rings. The smallest absolute Gasteiger partial charge is 0.111 e. The first kappa shape index (κ1) is 9.46. The number of halogens is 1. The molecular weight excluding hydrogens is 198 g/mol. The minimum absolute atomic E-state index is 0.608. The second-order valence-corrected chi connectivity index (χ2v) is 3.45. The first-order valence-electron chi connectivity index (χ1n) is 4.72. The Labute approximate surface area is 87.7 Å². The summed E-state index contributed by atoms with van der Waals surface area (Å²) >= 11 is 5.72. The highest BCUT2D eigenvalue weighted by Gasteiger charge is 2.07. The van der Waals surface area contributed by atoms with Crippen LogP contribution in [-0.4, -0.2) is 20.4 Å². The van der Waals surface area contributed by atoms with Gasteiger partial charge in [0.25, 0.3) is 0 Å². The van der Waals surface area contributed by atoms with E-state index in [2.05, 4.69) is 21.5 Å². The molecule has 2 aromatic heterocycles. The summed E-state index contributed by atoms with van der Waals surface area (Å²) in [5.41, 5.74) is 2.09. The molecule has 0 fully saturated rings. The number of nitrogens with zero attached hydrogens (tertiary/aromatic N) is 3. The highest BCUT2D eigenvalue weighted by atomic mass is 35.5. The summed E-state index contributed by atoms with van der Waals surface area (Å²) in [6.07, 6.45) is 4.39. The molecule has 2 rings (SSSR count). The molecular formula is C10H12ClN3. The molecule has 2 heterocycles. The minimum Gasteiger partial charge on any atom is -0.328 e. The van der Waals surface area contributed by atoms with E-state index in [0.29, 0.717) is 5.88 Å². The summed E-state index contributed by atoms with van der Waals surface area (Å²) in [5.74, 6) is 1.65. The topological polar surface area (TPSA) is 30.7 Å². The Balaban J connectivity index is 2.60. The van der Waals surface area contributed by atoms with Crippen molar-refractivity contribution in [1.82, 2.24) is 14.5 Å². The number of rotatable bonds is 3. The van der Waals surface area contributed by atoms with Crippen molar-refractivity contribution in [2.45, 2.75) is 19.9 Å². The second kappa shape index (κ2) is 3.96. The SMILES string of the molecule is CCn1c(CCCl)nc2cnccc21. The molecule has 0 unspecified atom stereocenters. The molecule has 0 bridgehead atoms. The van der Waals surface area contributed by atoms with Crippen LogP contribution in [0.15, 0.2) is 18.5 Å². The summed E-state index contributed by atoms with van der Waals surface area (Å²) in [6.45, 7) is 3.03. The fourth-order valence-corrected chi connectivity index (χ4v) is 1.83. The van der Waals surface area contributed by atoms with E-state index < -0.39 is 0 Å². The van der Waals surface area contributed by atoms with Gasteiger partial charge in [0, 0.05) is 25.0 Å². The van der Waals surface area contributed by atoms with Crippen molar-refractivity contribution in [2.24, 2.45) is 0 Å². The lowest BCUT2D eigenvalue weighted by Gasteiger charge is -2.03. The van der Waals surface area contributed by atoms with Crippen molar-refractivity contribution in [3.63, 3.8) is 0 Å². The van der Waals surface area contributed by atoms with E-state index in [1.54, 1.807) is 12.4 Å². The predicted molar refractivity (Wildman–Crippen MR) is 57.6 cm³/mol. The molecule has 0 aliphatic carbocycles. The van der Waals surface area contributed by atoms with Gasteiger partial charge in [-0.05, 0) is 13.0 Å². The summed E-state index contributed by atoms with van der Waals surface area (Å²) < 4.78 is 2.18. The van der Waals surface area contributed by atoms with Crippen LogP contribution in [0.4, 0.5) is 0 Å². The van der Waals surface area contributed by atoms with Crippen molar-refractivity contribution in [3.05, 3.63) is 24.3 Å². The Morgan fingerprint density at radius 2 is 2.36 bits per heavy atom. The van der Waals surface area contributed by atoms with Crippen molar-refractivity contribution < 1.29 is 0 Å². The number of alkyl halides is 1. The van der Waals surface area contributed by atoms with Gasteiger partial charge in [-0.25, -0.2) is 4.98 Å². The van der Waals surface area contributed by atoms with Crippen molar-refractivity contribution in [2.75, 3.05) is 5.88 Å². The first-order chi connectivity index (χ1) is 6.86. The van der Waals surface area contributed by atoms with Crippen LogP contribution >= 0.6 is 11.6 Å². The number of aromatic nitrogens is 3. The van der Waals surface area contributed by atoms with E-state index in [1.807, 2.05) is 6.07 Å². The fraction of sp³-hybridized carbons (Fsp3) is 0.400. The minimum atomic E-state index is 0.608. The van der Waals surface area contributed by atoms with E-state index >= 15 is 0 Å². The second-order valence-electron chi connectivity index (χ2n) is 3.08. The molecule has 3 nitrogen and oxygen atoms in total. The number of hydrogen-bond donors (Lipinski definition) is 0. The maximum absolute atomic E-state index is 5.72. The predicted octanol–water partition coefficient (Wildman–Crippen LogP) is 2.23. The zero-order chi connectivity index (χ0) is 9.97. The zero-order valence-corrected chi connectivity index (χ0v) is 8.83. The van der Waals surface area contributed by atoms with Gasteiger partial charge in [-0.1, -0.05) is 0 Å². The summed E-state index contributed by atoms with van der Waals surface area (Å²) in [4.78, 5) is 8.54. The van der Waals surface area contributed by atoms with E-state index in [1.165, 1.54) is 0 Å². The van der Waals surface area contributed by atoms with Crippen molar-refractivity contribution in [3.8, 4) is 0 Å². The van der Waals surface area contributed by atoms with Gasteiger partial charge in [0.05, 0.1) is 11.7 Å². The average Bonchev–Trinajstić information content (AvgIpc) is 2.55. The fourth-order valence-electron chi connectivity index (χ4n) is 1.66. The van der Waals surface area contributed by atoms with Gasteiger partial charge in [0.1, 0.15) is 11.3 Å². The molecule has 14 heavy (non-hydrogen) atoms. The number of fused-ring (bicyclic) bond motifs is 1. The number of pyridine rings is 1. The van der Waals surface area contributed by atoms with Gasteiger partial charge in [0.2, 0.25) is 0 Å². The third-order valence-corrected chi connectivity index (χ3v) is 2.45. The third kappa shape index (κ3) is 1.48. The van der Waals surface area contributed by atoms with Gasteiger partial charge in [-0.3, -0.25) is 4.98 Å². The van der Waals surface area contributed by atoms with E-state index in [4.69, 9.17) is 11.6 Å². The average molecular weight is 210 g/mol. The Hall–Kier alpha value is -1.09. The molecule has 0 saturated heterocycles. The maximum Gasteiger partial charge on any atom is 0.111 e. The van der Waals surface area contributed by atoms with Gasteiger partial charge >= 0.3 is 0 Å². The molecule has 0 saturated carbocycles. The van der Waals surface area contributed by atoms with Crippen LogP contribution in [0, 0.1) is 0 Å². The number of imidazole rings is 1. The number of aryl methyl sites for hydroxylation is 2. The molecule has 0 aromatic carbocycles. The van der Waals surface area contributed by atoms with E-state index in [9.17, 15) is 0 Å². The Morgan fingerprint density at radius 3 is 3.07 bits per heavy atom. The van der Waals surface area contributed by atoms with E-state index in [-0.39, 0.29) is 0 Å². The normalized spacial score (nSPS) is 11.0. The lowest BCUT2D eigenvalue weighted by Crippen LogP contribution is -2.02. The molecule has 74 valence electrons. The van der Waals surface area contributed by atoms with Crippen LogP contribution in [0.1, 0.15) is 12.7 Å². The molecule has 0 aliphatic heterocycles. The molecule has 0 amide bonds. The van der Waals surface area contributed by atoms with E-state index in [0.717, 1.165) is 29.8 Å². The molecule has 0 aliphatic rings. The van der Waals surface area contributed by atoms with Crippen LogP contribution in [0.3, 0.4) is 0 Å². The monoisotopic (exact) mass is 209 g/mol. The zero-order valence-electron chi connectivity index (χ0n) is 8.07. The maximum atomic E-state index is 5.72. The molecule has 4 heteroatoms. The Morgan fingerprint density at radius 1 is 1.50 bits per heavy atom. The number of hydrogen-bond acceptors (Lipinski definition) is 2. The van der Waals surface area contributed by atoms with Gasteiger partial charge in [-0.15, -0.1) is 11.6 Å². The highest BCUT2D eigenvalue weighted by molar-refractivity contribution is 6.17. The molecule has 0 radical (unpaired) electrons. The van der Waals surface area contributed by atoms with Gasteiger partial charge in [-0.2, -0.15) is 0 Å². The quantitative estimate of drug-likeness (QED) is 0.726. The molecule has 0 N–H and O–H groups in total. The van der Waals surface area contributed by atoms with Gasteiger partial charge in [0.15, 0.2) is 0 Å². The summed E-state index contributed by atoms with van der Waals surface area (Å²) in [6, 6.07) is 1.99. The van der Waals surface area contributed by atoms with Crippen LogP contribution in [0.25, 0.3) is 11.0 Å².